The van der Waals surface area contributed by atoms with Crippen molar-refractivity contribution < 1.29 is 17.4 Å². The van der Waals surface area contributed by atoms with E-state index in [-0.39, 0.29) is 15.7 Å². The lowest BCUT2D eigenvalue weighted by molar-refractivity contribution is 0.388. The van der Waals surface area contributed by atoms with Crippen molar-refractivity contribution in [3.05, 3.63) is 51.9 Å². The summed E-state index contributed by atoms with van der Waals surface area (Å²) in [6.07, 6.45) is 1.53. The predicted octanol–water partition coefficient (Wildman–Crippen LogP) is 1.80. The van der Waals surface area contributed by atoms with E-state index in [9.17, 15) is 13.2 Å². The van der Waals surface area contributed by atoms with Gasteiger partial charge in [-0.15, -0.1) is 0 Å². The van der Waals surface area contributed by atoms with E-state index in [4.69, 9.17) is 16.0 Å². The van der Waals surface area contributed by atoms with Gasteiger partial charge in [-0.25, -0.2) is 17.9 Å². The smallest absolute Gasteiger partial charge is 0.439 e. The fourth-order valence-electron chi connectivity index (χ4n) is 2.15. The molecule has 0 bridgehead atoms. The highest BCUT2D eigenvalue weighted by molar-refractivity contribution is 7.89. The van der Waals surface area contributed by atoms with Gasteiger partial charge in [0.25, 0.3) is 0 Å². The van der Waals surface area contributed by atoms with Crippen molar-refractivity contribution in [1.29, 1.82) is 0 Å². The van der Waals surface area contributed by atoms with Gasteiger partial charge in [0.2, 0.25) is 10.0 Å². The largest absolute Gasteiger partial charge is 0.467 e. The van der Waals surface area contributed by atoms with E-state index in [2.05, 4.69) is 24.7 Å². The van der Waals surface area contributed by atoms with Crippen LogP contribution in [0.1, 0.15) is 5.76 Å². The summed E-state index contributed by atoms with van der Waals surface area (Å²) >= 11 is 6.12. The molecule has 3 rings (SSSR count). The van der Waals surface area contributed by atoms with Gasteiger partial charge in [0.05, 0.1) is 17.8 Å². The number of nitrogens with one attached hydrogen (secondary N) is 3. The normalized spacial score (nSPS) is 11.6. The summed E-state index contributed by atoms with van der Waals surface area (Å²) in [5.74, 6) is -0.0428. The highest BCUT2D eigenvalue weighted by Crippen LogP contribution is 2.33. The van der Waals surface area contributed by atoms with Crippen LogP contribution in [-0.2, 0) is 16.6 Å². The molecule has 11 heteroatoms. The number of halogens is 1. The quantitative estimate of drug-likeness (QED) is 0.590. The molecule has 0 aliphatic heterocycles. The molecular formula is C14H13ClN4O5S. The summed E-state index contributed by atoms with van der Waals surface area (Å²) in [4.78, 5) is 13.5. The molecule has 0 aliphatic rings. The van der Waals surface area contributed by atoms with Crippen molar-refractivity contribution in [2.75, 3.05) is 12.4 Å². The van der Waals surface area contributed by atoms with Crippen LogP contribution in [-0.4, -0.2) is 25.6 Å². The van der Waals surface area contributed by atoms with Crippen LogP contribution in [0.2, 0.25) is 5.02 Å². The summed E-state index contributed by atoms with van der Waals surface area (Å²) in [6, 6.07) is 6.23. The van der Waals surface area contributed by atoms with Crippen molar-refractivity contribution in [3.63, 3.8) is 0 Å². The number of anilines is 1. The van der Waals surface area contributed by atoms with E-state index in [0.29, 0.717) is 23.6 Å². The first-order chi connectivity index (χ1) is 11.9. The SMILES string of the molecule is CNS(=O)(=O)c1cc(-c2noc(=O)[nH]2)c(NCc2ccco2)cc1Cl. The lowest BCUT2D eigenvalue weighted by Gasteiger charge is -2.13. The van der Waals surface area contributed by atoms with Crippen LogP contribution < -0.4 is 15.8 Å². The Labute approximate surface area is 147 Å². The second-order valence-electron chi connectivity index (χ2n) is 4.91. The Balaban J connectivity index is 2.09. The predicted molar refractivity (Wildman–Crippen MR) is 89.8 cm³/mol. The molecule has 0 saturated heterocycles. The second kappa shape index (κ2) is 6.75. The molecule has 25 heavy (non-hydrogen) atoms. The molecule has 9 nitrogen and oxygen atoms in total. The number of benzene rings is 1. The topological polar surface area (TPSA) is 130 Å². The lowest BCUT2D eigenvalue weighted by Crippen LogP contribution is -2.19. The van der Waals surface area contributed by atoms with Crippen LogP contribution in [0.4, 0.5) is 5.69 Å². The Morgan fingerprint density at radius 1 is 1.36 bits per heavy atom. The highest BCUT2D eigenvalue weighted by atomic mass is 35.5. The molecule has 132 valence electrons. The molecule has 3 N–H and O–H groups in total. The standard InChI is InChI=1S/C14H13ClN4O5S/c1-16-25(21,22)12-5-9(13-18-14(20)24-19-13)11(6-10(12)15)17-7-8-3-2-4-23-8/h2-6,16-17H,7H2,1H3,(H,18,19,20). The van der Waals surface area contributed by atoms with Crippen molar-refractivity contribution in [2.45, 2.75) is 11.4 Å². The first-order valence-corrected chi connectivity index (χ1v) is 8.86. The highest BCUT2D eigenvalue weighted by Gasteiger charge is 2.21. The fourth-order valence-corrected chi connectivity index (χ4v) is 3.43. The van der Waals surface area contributed by atoms with Crippen molar-refractivity contribution in [3.8, 4) is 11.4 Å². The minimum atomic E-state index is -3.81. The molecule has 0 fully saturated rings. The van der Waals surface area contributed by atoms with Gasteiger partial charge in [-0.05, 0) is 31.3 Å². The fraction of sp³-hybridized carbons (Fsp3) is 0.143. The molecular weight excluding hydrogens is 372 g/mol. The van der Waals surface area contributed by atoms with E-state index >= 15 is 0 Å². The zero-order valence-electron chi connectivity index (χ0n) is 12.9. The summed E-state index contributed by atoms with van der Waals surface area (Å²) in [7, 11) is -2.54. The van der Waals surface area contributed by atoms with E-state index in [1.165, 1.54) is 25.4 Å². The van der Waals surface area contributed by atoms with E-state index < -0.39 is 15.8 Å². The number of aromatic nitrogens is 2. The van der Waals surface area contributed by atoms with E-state index in [0.717, 1.165) is 0 Å². The van der Waals surface area contributed by atoms with Crippen LogP contribution in [0.3, 0.4) is 0 Å². The van der Waals surface area contributed by atoms with Gasteiger partial charge >= 0.3 is 5.76 Å². The molecule has 2 heterocycles. The average Bonchev–Trinajstić information content (AvgIpc) is 3.24. The Morgan fingerprint density at radius 2 is 2.16 bits per heavy atom. The number of furan rings is 1. The molecule has 1 aromatic carbocycles. The maximum Gasteiger partial charge on any atom is 0.439 e. The summed E-state index contributed by atoms with van der Waals surface area (Å²) in [5, 5.41) is 6.67. The molecule has 0 radical (unpaired) electrons. The number of rotatable bonds is 6. The van der Waals surface area contributed by atoms with Gasteiger partial charge in [0.1, 0.15) is 10.7 Å². The Morgan fingerprint density at radius 3 is 2.76 bits per heavy atom. The molecule has 0 atom stereocenters. The molecule has 0 amide bonds. The molecule has 0 saturated carbocycles. The molecule has 0 spiro atoms. The third-order valence-corrected chi connectivity index (χ3v) is 5.24. The Bertz CT molecular complexity index is 1040. The lowest BCUT2D eigenvalue weighted by atomic mass is 10.1. The zero-order valence-corrected chi connectivity index (χ0v) is 14.4. The second-order valence-corrected chi connectivity index (χ2v) is 7.17. The van der Waals surface area contributed by atoms with E-state index in [1.54, 1.807) is 12.1 Å². The van der Waals surface area contributed by atoms with Gasteiger partial charge in [-0.1, -0.05) is 16.8 Å². The number of nitrogens with zero attached hydrogens (tertiary/aromatic N) is 1. The number of hydrogen-bond acceptors (Lipinski definition) is 7. The first kappa shape index (κ1) is 17.3. The Hall–Kier alpha value is -2.56. The van der Waals surface area contributed by atoms with Gasteiger partial charge in [0.15, 0.2) is 5.82 Å². The maximum absolute atomic E-state index is 12.1. The van der Waals surface area contributed by atoms with E-state index in [1.807, 2.05) is 0 Å². The minimum Gasteiger partial charge on any atom is -0.467 e. The minimum absolute atomic E-state index is 0.00545. The molecule has 3 aromatic rings. The Kier molecular flexibility index (Phi) is 4.66. The zero-order chi connectivity index (χ0) is 18.0. The molecule has 0 aliphatic carbocycles. The van der Waals surface area contributed by atoms with Crippen molar-refractivity contribution >= 4 is 27.3 Å². The van der Waals surface area contributed by atoms with Crippen LogP contribution in [0.15, 0.2) is 49.2 Å². The average molecular weight is 385 g/mol. The van der Waals surface area contributed by atoms with Crippen LogP contribution >= 0.6 is 11.6 Å². The molecule has 2 aromatic heterocycles. The van der Waals surface area contributed by atoms with Crippen LogP contribution in [0.5, 0.6) is 0 Å². The van der Waals surface area contributed by atoms with Crippen molar-refractivity contribution in [2.24, 2.45) is 0 Å². The monoisotopic (exact) mass is 384 g/mol. The van der Waals surface area contributed by atoms with Gasteiger partial charge in [-0.2, -0.15) is 0 Å². The summed E-state index contributed by atoms with van der Waals surface area (Å²) in [6.45, 7) is 0.316. The third kappa shape index (κ3) is 3.60. The third-order valence-electron chi connectivity index (χ3n) is 3.36. The number of H-pyrrole nitrogens is 1. The van der Waals surface area contributed by atoms with Gasteiger partial charge < -0.3 is 9.73 Å². The summed E-state index contributed by atoms with van der Waals surface area (Å²) < 4.78 is 36.2. The van der Waals surface area contributed by atoms with Crippen LogP contribution in [0, 0.1) is 0 Å². The van der Waals surface area contributed by atoms with Gasteiger partial charge in [0, 0.05) is 11.3 Å². The first-order valence-electron chi connectivity index (χ1n) is 7.00. The maximum atomic E-state index is 12.1. The number of hydrogen-bond donors (Lipinski definition) is 3. The van der Waals surface area contributed by atoms with Gasteiger partial charge in [-0.3, -0.25) is 9.51 Å². The van der Waals surface area contributed by atoms with Crippen molar-refractivity contribution in [1.82, 2.24) is 14.9 Å². The van der Waals surface area contributed by atoms with Crippen LogP contribution in [0.25, 0.3) is 11.4 Å². The number of aromatic amines is 1. The molecule has 0 unspecified atom stereocenters. The summed E-state index contributed by atoms with van der Waals surface area (Å²) in [5.41, 5.74) is 0.747. The number of sulfonamides is 1.